The van der Waals surface area contributed by atoms with E-state index in [1.807, 2.05) is 11.0 Å². The van der Waals surface area contributed by atoms with E-state index in [0.29, 0.717) is 11.6 Å². The first kappa shape index (κ1) is 10.4. The van der Waals surface area contributed by atoms with Crippen molar-refractivity contribution < 1.29 is 0 Å². The summed E-state index contributed by atoms with van der Waals surface area (Å²) in [6, 6.07) is 5.86. The molecule has 1 saturated heterocycles. The zero-order chi connectivity index (χ0) is 11.4. The van der Waals surface area contributed by atoms with Crippen molar-refractivity contribution in [2.45, 2.75) is 12.8 Å². The maximum Gasteiger partial charge on any atom is 0.226 e. The molecule has 0 N–H and O–H groups in total. The molecule has 0 unspecified atom stereocenters. The summed E-state index contributed by atoms with van der Waals surface area (Å²) in [5, 5.41) is 17.5. The third kappa shape index (κ3) is 2.09. The van der Waals surface area contributed by atoms with Gasteiger partial charge >= 0.3 is 0 Å². The Hall–Kier alpha value is -2.14. The molecule has 0 amide bonds. The van der Waals surface area contributed by atoms with E-state index in [4.69, 9.17) is 10.5 Å². The maximum atomic E-state index is 8.79. The van der Waals surface area contributed by atoms with Crippen LogP contribution in [-0.4, -0.2) is 23.1 Å². The molecular weight excluding hydrogens is 202 g/mol. The molecule has 1 fully saturated rings. The topological polar surface area (TPSA) is 76.6 Å². The molecule has 0 atom stereocenters. The van der Waals surface area contributed by atoms with Gasteiger partial charge in [0.25, 0.3) is 0 Å². The lowest BCUT2D eigenvalue weighted by molar-refractivity contribution is 0.482. The number of anilines is 1. The fraction of sp³-hybridized carbons (Fsp3) is 0.455. The molecule has 0 aliphatic carbocycles. The van der Waals surface area contributed by atoms with Crippen molar-refractivity contribution in [3.05, 3.63) is 18.0 Å². The van der Waals surface area contributed by atoms with Gasteiger partial charge in [-0.05, 0) is 18.9 Å². The Balaban J connectivity index is 2.09. The Labute approximate surface area is 94.0 Å². The van der Waals surface area contributed by atoms with E-state index in [0.717, 1.165) is 25.9 Å². The fourth-order valence-corrected chi connectivity index (χ4v) is 1.77. The van der Waals surface area contributed by atoms with Crippen LogP contribution in [0.3, 0.4) is 0 Å². The van der Waals surface area contributed by atoms with Crippen LogP contribution in [0.1, 0.15) is 18.5 Å². The van der Waals surface area contributed by atoms with E-state index in [1.54, 1.807) is 12.3 Å². The van der Waals surface area contributed by atoms with E-state index in [1.165, 1.54) is 0 Å². The predicted octanol–water partition coefficient (Wildman–Crippen LogP) is 1.09. The van der Waals surface area contributed by atoms with Gasteiger partial charge in [0.1, 0.15) is 11.8 Å². The normalized spacial score (nSPS) is 16.5. The van der Waals surface area contributed by atoms with Crippen LogP contribution in [-0.2, 0) is 0 Å². The lowest BCUT2D eigenvalue weighted by Crippen LogP contribution is -2.34. The number of piperidine rings is 1. The summed E-state index contributed by atoms with van der Waals surface area (Å²) in [7, 11) is 0. The van der Waals surface area contributed by atoms with Crippen LogP contribution in [0, 0.1) is 28.6 Å². The molecule has 0 spiro atoms. The first-order chi connectivity index (χ1) is 7.83. The van der Waals surface area contributed by atoms with Gasteiger partial charge in [-0.3, -0.25) is 0 Å². The van der Waals surface area contributed by atoms with Gasteiger partial charge in [0.2, 0.25) is 5.95 Å². The number of hydrogen-bond donors (Lipinski definition) is 0. The number of rotatable bonds is 1. The first-order valence-electron chi connectivity index (χ1n) is 5.21. The second kappa shape index (κ2) is 4.59. The number of nitriles is 2. The van der Waals surface area contributed by atoms with Gasteiger partial charge in [-0.1, -0.05) is 0 Å². The SMILES string of the molecule is N#Cc1ccnc(N2CCC(C#N)CC2)n1. The smallest absolute Gasteiger partial charge is 0.226 e. The van der Waals surface area contributed by atoms with Crippen LogP contribution >= 0.6 is 0 Å². The molecule has 0 aromatic carbocycles. The van der Waals surface area contributed by atoms with Crippen LogP contribution in [0.4, 0.5) is 5.95 Å². The van der Waals surface area contributed by atoms with Crippen LogP contribution in [0.2, 0.25) is 0 Å². The number of aromatic nitrogens is 2. The summed E-state index contributed by atoms with van der Waals surface area (Å²) in [4.78, 5) is 10.3. The third-order valence-corrected chi connectivity index (χ3v) is 2.72. The molecule has 0 radical (unpaired) electrons. The minimum Gasteiger partial charge on any atom is -0.341 e. The second-order valence-corrected chi connectivity index (χ2v) is 3.74. The fourth-order valence-electron chi connectivity index (χ4n) is 1.77. The Bertz CT molecular complexity index is 448. The average molecular weight is 213 g/mol. The Morgan fingerprint density at radius 3 is 2.69 bits per heavy atom. The largest absolute Gasteiger partial charge is 0.341 e. The highest BCUT2D eigenvalue weighted by Crippen LogP contribution is 2.19. The summed E-state index contributed by atoms with van der Waals surface area (Å²) in [6.07, 6.45) is 3.28. The van der Waals surface area contributed by atoms with E-state index in [2.05, 4.69) is 16.0 Å². The minimum atomic E-state index is 0.149. The zero-order valence-corrected chi connectivity index (χ0v) is 8.80. The molecule has 2 rings (SSSR count). The number of hydrogen-bond acceptors (Lipinski definition) is 5. The van der Waals surface area contributed by atoms with E-state index in [-0.39, 0.29) is 5.92 Å². The van der Waals surface area contributed by atoms with E-state index in [9.17, 15) is 0 Å². The zero-order valence-electron chi connectivity index (χ0n) is 8.80. The van der Waals surface area contributed by atoms with Crippen molar-refractivity contribution in [3.8, 4) is 12.1 Å². The molecule has 5 nitrogen and oxygen atoms in total. The molecule has 1 aliphatic rings. The summed E-state index contributed by atoms with van der Waals surface area (Å²) in [5.74, 6) is 0.742. The van der Waals surface area contributed by atoms with Crippen molar-refractivity contribution in [2.24, 2.45) is 5.92 Å². The summed E-state index contributed by atoms with van der Waals surface area (Å²) in [6.45, 7) is 1.57. The molecule has 16 heavy (non-hydrogen) atoms. The maximum absolute atomic E-state index is 8.79. The van der Waals surface area contributed by atoms with Crippen molar-refractivity contribution in [2.75, 3.05) is 18.0 Å². The van der Waals surface area contributed by atoms with Gasteiger partial charge in [-0.15, -0.1) is 0 Å². The Morgan fingerprint density at radius 2 is 2.06 bits per heavy atom. The molecule has 0 bridgehead atoms. The highest BCUT2D eigenvalue weighted by Gasteiger charge is 2.20. The predicted molar refractivity (Wildman–Crippen MR) is 57.3 cm³/mol. The highest BCUT2D eigenvalue weighted by molar-refractivity contribution is 5.34. The summed E-state index contributed by atoms with van der Waals surface area (Å²) >= 11 is 0. The summed E-state index contributed by atoms with van der Waals surface area (Å²) in [5.41, 5.74) is 0.382. The lowest BCUT2D eigenvalue weighted by Gasteiger charge is -2.28. The average Bonchev–Trinajstić information content (AvgIpc) is 2.39. The molecule has 2 heterocycles. The molecule has 80 valence electrons. The molecule has 1 aromatic rings. The van der Waals surface area contributed by atoms with Crippen molar-refractivity contribution in [1.82, 2.24) is 9.97 Å². The monoisotopic (exact) mass is 213 g/mol. The van der Waals surface area contributed by atoms with Gasteiger partial charge < -0.3 is 4.90 Å². The van der Waals surface area contributed by atoms with Gasteiger partial charge in [0, 0.05) is 25.2 Å². The van der Waals surface area contributed by atoms with Crippen molar-refractivity contribution in [1.29, 1.82) is 10.5 Å². The van der Waals surface area contributed by atoms with Crippen LogP contribution in [0.25, 0.3) is 0 Å². The van der Waals surface area contributed by atoms with Crippen LogP contribution in [0.5, 0.6) is 0 Å². The van der Waals surface area contributed by atoms with Gasteiger partial charge in [0.15, 0.2) is 0 Å². The first-order valence-corrected chi connectivity index (χ1v) is 5.21. The third-order valence-electron chi connectivity index (χ3n) is 2.72. The van der Waals surface area contributed by atoms with Gasteiger partial charge in [-0.25, -0.2) is 9.97 Å². The molecule has 1 aliphatic heterocycles. The molecular formula is C11H11N5. The Morgan fingerprint density at radius 1 is 1.31 bits per heavy atom. The van der Waals surface area contributed by atoms with Crippen LogP contribution < -0.4 is 4.90 Å². The molecule has 1 aromatic heterocycles. The Kier molecular flexibility index (Phi) is 2.98. The van der Waals surface area contributed by atoms with Crippen molar-refractivity contribution >= 4 is 5.95 Å². The van der Waals surface area contributed by atoms with Gasteiger partial charge in [-0.2, -0.15) is 10.5 Å². The van der Waals surface area contributed by atoms with E-state index >= 15 is 0 Å². The lowest BCUT2D eigenvalue weighted by atomic mass is 9.99. The van der Waals surface area contributed by atoms with Crippen molar-refractivity contribution in [3.63, 3.8) is 0 Å². The highest BCUT2D eigenvalue weighted by atomic mass is 15.2. The van der Waals surface area contributed by atoms with E-state index < -0.39 is 0 Å². The van der Waals surface area contributed by atoms with Crippen LogP contribution in [0.15, 0.2) is 12.3 Å². The molecule has 5 heteroatoms. The summed E-state index contributed by atoms with van der Waals surface area (Å²) < 4.78 is 0. The standard InChI is InChI=1S/C11H11N5/c12-7-9-2-5-16(6-3-9)11-14-4-1-10(8-13)15-11/h1,4,9H,2-3,5-6H2. The quantitative estimate of drug-likeness (QED) is 0.697. The number of nitrogens with zero attached hydrogens (tertiary/aromatic N) is 5. The molecule has 0 saturated carbocycles. The van der Waals surface area contributed by atoms with Gasteiger partial charge in [0.05, 0.1) is 6.07 Å². The minimum absolute atomic E-state index is 0.149. The second-order valence-electron chi connectivity index (χ2n) is 3.74.